The lowest BCUT2D eigenvalue weighted by Gasteiger charge is -2.38. The number of aliphatic hydroxyl groups is 1. The van der Waals surface area contributed by atoms with Crippen molar-refractivity contribution in [3.63, 3.8) is 0 Å². The average molecular weight is 486 g/mol. The van der Waals surface area contributed by atoms with E-state index in [4.69, 9.17) is 4.74 Å². The van der Waals surface area contributed by atoms with Crippen LogP contribution in [0.4, 0.5) is 5.69 Å². The predicted molar refractivity (Wildman–Crippen MR) is 133 cm³/mol. The van der Waals surface area contributed by atoms with Crippen LogP contribution in [-0.2, 0) is 19.1 Å². The van der Waals surface area contributed by atoms with Gasteiger partial charge in [0.05, 0.1) is 30.1 Å². The summed E-state index contributed by atoms with van der Waals surface area (Å²) >= 11 is 0. The van der Waals surface area contributed by atoms with Crippen molar-refractivity contribution >= 4 is 23.4 Å². The van der Waals surface area contributed by atoms with E-state index in [1.54, 1.807) is 11.9 Å². The van der Waals surface area contributed by atoms with E-state index in [1.165, 1.54) is 0 Å². The molecular weight excluding hydrogens is 446 g/mol. The highest BCUT2D eigenvalue weighted by Crippen LogP contribution is 2.64. The molecule has 1 aromatic carbocycles. The summed E-state index contributed by atoms with van der Waals surface area (Å²) in [5.74, 6) is -2.05. The number of anilines is 1. The van der Waals surface area contributed by atoms with Gasteiger partial charge >= 0.3 is 0 Å². The molecule has 2 unspecified atom stereocenters. The Hall–Kier alpha value is -2.45. The van der Waals surface area contributed by atoms with Gasteiger partial charge in [0, 0.05) is 12.7 Å². The molecule has 3 fully saturated rings. The number of rotatable bonds is 8. The first-order valence-corrected chi connectivity index (χ1v) is 12.8. The van der Waals surface area contributed by atoms with Gasteiger partial charge in [-0.3, -0.25) is 14.4 Å². The minimum atomic E-state index is -1.10. The van der Waals surface area contributed by atoms with Crippen LogP contribution in [0.2, 0.25) is 0 Å². The second-order valence-corrected chi connectivity index (χ2v) is 11.0. The minimum Gasteiger partial charge on any atom is -0.394 e. The fourth-order valence-electron chi connectivity index (χ4n) is 6.79. The van der Waals surface area contributed by atoms with Gasteiger partial charge in [-0.25, -0.2) is 0 Å². The van der Waals surface area contributed by atoms with Gasteiger partial charge in [-0.15, -0.1) is 0 Å². The molecule has 3 saturated heterocycles. The predicted octanol–water partition coefficient (Wildman–Crippen LogP) is 2.55. The molecule has 4 rings (SSSR count). The number of hydrogen-bond donors (Lipinski definition) is 3. The highest BCUT2D eigenvalue weighted by molar-refractivity contribution is 6.04. The summed E-state index contributed by atoms with van der Waals surface area (Å²) in [5, 5.41) is 16.1. The Morgan fingerprint density at radius 3 is 2.54 bits per heavy atom. The fourth-order valence-corrected chi connectivity index (χ4v) is 6.79. The fraction of sp³-hybridized carbons (Fsp3) is 0.667. The zero-order chi connectivity index (χ0) is 25.7. The number of likely N-dealkylation sites (tertiary alicyclic amines) is 1. The Balaban J connectivity index is 1.82. The van der Waals surface area contributed by atoms with E-state index in [-0.39, 0.29) is 30.2 Å². The molecule has 1 spiro atoms. The zero-order valence-corrected chi connectivity index (χ0v) is 21.7. The van der Waals surface area contributed by atoms with E-state index in [1.807, 2.05) is 52.8 Å². The van der Waals surface area contributed by atoms with Gasteiger partial charge < -0.3 is 25.4 Å². The van der Waals surface area contributed by atoms with Crippen LogP contribution in [0.5, 0.6) is 0 Å². The van der Waals surface area contributed by atoms with Gasteiger partial charge in [0.15, 0.2) is 0 Å². The summed E-state index contributed by atoms with van der Waals surface area (Å²) in [4.78, 5) is 42.8. The minimum absolute atomic E-state index is 0.203. The average Bonchev–Trinajstić information content (AvgIpc) is 3.42. The maximum absolute atomic E-state index is 14.1. The highest BCUT2D eigenvalue weighted by Gasteiger charge is 2.79. The molecule has 2 bridgehead atoms. The third-order valence-corrected chi connectivity index (χ3v) is 8.39. The van der Waals surface area contributed by atoms with Gasteiger partial charge in [0.25, 0.3) is 0 Å². The number of benzene rings is 1. The molecule has 3 aliphatic heterocycles. The smallest absolute Gasteiger partial charge is 0.250 e. The molecule has 3 amide bonds. The summed E-state index contributed by atoms with van der Waals surface area (Å²) < 4.78 is 6.72. The van der Waals surface area contributed by atoms with E-state index in [0.717, 1.165) is 11.1 Å². The van der Waals surface area contributed by atoms with Crippen LogP contribution in [0.15, 0.2) is 18.2 Å². The first-order chi connectivity index (χ1) is 16.5. The number of aryl methyl sites for hydroxylation is 2. The molecule has 0 saturated carbocycles. The molecule has 3 heterocycles. The van der Waals surface area contributed by atoms with E-state index in [0.29, 0.717) is 31.4 Å². The van der Waals surface area contributed by atoms with Crippen LogP contribution in [0.1, 0.15) is 57.6 Å². The lowest BCUT2D eigenvalue weighted by atomic mass is 9.65. The van der Waals surface area contributed by atoms with Gasteiger partial charge in [-0.05, 0) is 62.6 Å². The summed E-state index contributed by atoms with van der Waals surface area (Å²) in [7, 11) is 1.57. The van der Waals surface area contributed by atoms with Crippen molar-refractivity contribution in [1.82, 2.24) is 10.2 Å². The monoisotopic (exact) mass is 485 g/mol. The number of nitrogens with zero attached hydrogens (tertiary/aromatic N) is 1. The van der Waals surface area contributed by atoms with Gasteiger partial charge in [-0.2, -0.15) is 0 Å². The first-order valence-electron chi connectivity index (χ1n) is 12.8. The molecule has 1 aromatic rings. The summed E-state index contributed by atoms with van der Waals surface area (Å²) in [5.41, 5.74) is 0.747. The third kappa shape index (κ3) is 3.85. The number of hydrogen-bond acceptors (Lipinski definition) is 5. The number of ether oxygens (including phenoxy) is 1. The highest BCUT2D eigenvalue weighted by atomic mass is 16.5. The molecule has 0 radical (unpaired) electrons. The molecule has 192 valence electrons. The number of nitrogens with one attached hydrogen (secondary N) is 2. The molecule has 3 aliphatic rings. The molecule has 3 N–H and O–H groups in total. The van der Waals surface area contributed by atoms with Crippen LogP contribution in [0, 0.1) is 31.6 Å². The molecule has 35 heavy (non-hydrogen) atoms. The standard InChI is InChI=1S/C27H39N3O5/c1-7-26-10-11-27(35-26)21(20(26)23(32)28-6)25(34)30(18(14-31)12-15(2)3)22(27)24(33)29-19-13-16(4)8-9-17(19)5/h8-9,13,15,18,20-22,31H,7,10-12,14H2,1-6H3,(H,28,32)(H,29,33)/t18-,20-,21+,22?,26+,27?/m1/s1. The van der Waals surface area contributed by atoms with Crippen molar-refractivity contribution in [3.8, 4) is 0 Å². The van der Waals surface area contributed by atoms with Crippen LogP contribution in [0.25, 0.3) is 0 Å². The van der Waals surface area contributed by atoms with Crippen LogP contribution < -0.4 is 10.6 Å². The second kappa shape index (κ2) is 9.21. The lowest BCUT2D eigenvalue weighted by Crippen LogP contribution is -2.56. The Labute approximate surface area is 207 Å². The zero-order valence-electron chi connectivity index (χ0n) is 21.7. The number of carbonyl (C=O) groups is 3. The molecule has 8 heteroatoms. The van der Waals surface area contributed by atoms with E-state index in [2.05, 4.69) is 10.6 Å². The van der Waals surface area contributed by atoms with Crippen LogP contribution in [0.3, 0.4) is 0 Å². The number of fused-ring (bicyclic) bond motifs is 1. The Morgan fingerprint density at radius 2 is 1.94 bits per heavy atom. The quantitative estimate of drug-likeness (QED) is 0.525. The SMILES string of the molecule is CC[C@@]12CCC3(O1)C(C(=O)Nc1cc(C)ccc1C)N([C@@H](CO)CC(C)C)C(=O)[C@@H]3[C@@H]2C(=O)NC. The Bertz CT molecular complexity index is 1030. The molecule has 8 nitrogen and oxygen atoms in total. The summed E-state index contributed by atoms with van der Waals surface area (Å²) in [6.07, 6.45) is 2.26. The van der Waals surface area contributed by atoms with Gasteiger partial charge in [0.1, 0.15) is 11.6 Å². The van der Waals surface area contributed by atoms with Crippen molar-refractivity contribution in [1.29, 1.82) is 0 Å². The summed E-state index contributed by atoms with van der Waals surface area (Å²) in [6, 6.07) is 4.37. The second-order valence-electron chi connectivity index (χ2n) is 11.0. The normalized spacial score (nSPS) is 32.2. The van der Waals surface area contributed by atoms with Gasteiger partial charge in [-0.1, -0.05) is 32.9 Å². The molecule has 6 atom stereocenters. The van der Waals surface area contributed by atoms with E-state index in [9.17, 15) is 19.5 Å². The Kier molecular flexibility index (Phi) is 6.74. The van der Waals surface area contributed by atoms with E-state index < -0.39 is 35.1 Å². The van der Waals surface area contributed by atoms with E-state index >= 15 is 0 Å². The number of aliphatic hydroxyl groups excluding tert-OH is 1. The van der Waals surface area contributed by atoms with Crippen LogP contribution in [-0.4, -0.2) is 64.7 Å². The maximum Gasteiger partial charge on any atom is 0.250 e. The third-order valence-electron chi connectivity index (χ3n) is 8.39. The topological polar surface area (TPSA) is 108 Å². The van der Waals surface area contributed by atoms with Crippen molar-refractivity contribution in [2.45, 2.75) is 83.6 Å². The number of amides is 3. The summed E-state index contributed by atoms with van der Waals surface area (Å²) in [6.45, 7) is 9.64. The molecule has 0 aromatic heterocycles. The molecular formula is C27H39N3O5. The van der Waals surface area contributed by atoms with Crippen molar-refractivity contribution in [3.05, 3.63) is 29.3 Å². The molecule has 0 aliphatic carbocycles. The van der Waals surface area contributed by atoms with Gasteiger partial charge in [0.2, 0.25) is 17.7 Å². The lowest BCUT2D eigenvalue weighted by molar-refractivity contribution is -0.149. The largest absolute Gasteiger partial charge is 0.394 e. The maximum atomic E-state index is 14.1. The van der Waals surface area contributed by atoms with Crippen molar-refractivity contribution < 1.29 is 24.2 Å². The van der Waals surface area contributed by atoms with Crippen molar-refractivity contribution in [2.24, 2.45) is 17.8 Å². The first kappa shape index (κ1) is 25.6. The number of carbonyl (C=O) groups excluding carboxylic acids is 3. The van der Waals surface area contributed by atoms with Crippen molar-refractivity contribution in [2.75, 3.05) is 19.0 Å². The van der Waals surface area contributed by atoms with Crippen LogP contribution >= 0.6 is 0 Å². The Morgan fingerprint density at radius 1 is 1.23 bits per heavy atom.